The van der Waals surface area contributed by atoms with E-state index in [-0.39, 0.29) is 28.7 Å². The third-order valence-corrected chi connectivity index (χ3v) is 9.27. The summed E-state index contributed by atoms with van der Waals surface area (Å²) in [5.74, 6) is -0.824. The first-order valence-corrected chi connectivity index (χ1v) is 13.6. The highest BCUT2D eigenvalue weighted by Crippen LogP contribution is 2.34. The molecule has 0 aromatic heterocycles. The number of hydrogen-bond acceptors (Lipinski definition) is 5. The van der Waals surface area contributed by atoms with Crippen LogP contribution in [0.25, 0.3) is 0 Å². The summed E-state index contributed by atoms with van der Waals surface area (Å²) in [6.07, 6.45) is 8.31. The average molecular weight is 489 g/mol. The molecule has 2 fully saturated rings. The first kappa shape index (κ1) is 24.7. The maximum Gasteiger partial charge on any atom is 0.264 e. The first-order chi connectivity index (χ1) is 16.1. The van der Waals surface area contributed by atoms with Crippen molar-refractivity contribution in [3.63, 3.8) is 0 Å². The largest absolute Gasteiger partial charge is 0.353 e. The van der Waals surface area contributed by atoms with E-state index in [9.17, 15) is 18.0 Å². The summed E-state index contributed by atoms with van der Waals surface area (Å²) in [6.45, 7) is 8.08. The molecule has 8 nitrogen and oxygen atoms in total. The maximum absolute atomic E-state index is 13.2. The molecule has 9 heteroatoms. The van der Waals surface area contributed by atoms with Gasteiger partial charge in [-0.1, -0.05) is 44.4 Å². The second-order valence-corrected chi connectivity index (χ2v) is 12.3. The topological polar surface area (TPSA) is 98.8 Å². The normalized spacial score (nSPS) is 25.9. The lowest BCUT2D eigenvalue weighted by molar-refractivity contribution is -0.130. The Labute approximate surface area is 202 Å². The number of nitrogens with zero attached hydrogens (tertiary/aromatic N) is 2. The van der Waals surface area contributed by atoms with Gasteiger partial charge in [-0.25, -0.2) is 8.42 Å². The molecular formula is C25H36N4O4S. The van der Waals surface area contributed by atoms with E-state index in [1.165, 1.54) is 50.2 Å². The van der Waals surface area contributed by atoms with E-state index in [0.29, 0.717) is 6.04 Å². The molecule has 0 unspecified atom stereocenters. The molecule has 1 saturated carbocycles. The fraction of sp³-hybridized carbons (Fsp3) is 0.600. The van der Waals surface area contributed by atoms with Crippen LogP contribution in [0.2, 0.25) is 0 Å². The zero-order valence-electron chi connectivity index (χ0n) is 20.3. The zero-order valence-corrected chi connectivity index (χ0v) is 21.1. The summed E-state index contributed by atoms with van der Waals surface area (Å²) in [6, 6.07) is 5.94. The van der Waals surface area contributed by atoms with Crippen molar-refractivity contribution < 1.29 is 18.0 Å². The van der Waals surface area contributed by atoms with Crippen LogP contribution in [0.1, 0.15) is 57.9 Å². The molecule has 2 heterocycles. The Morgan fingerprint density at radius 1 is 1.15 bits per heavy atom. The fourth-order valence-corrected chi connectivity index (χ4v) is 6.90. The minimum atomic E-state index is -3.98. The number of carbonyl (C=O) groups is 2. The van der Waals surface area contributed by atoms with Crippen LogP contribution < -0.4 is 10.6 Å². The summed E-state index contributed by atoms with van der Waals surface area (Å²) in [5, 5.41) is 5.66. The number of carbonyl (C=O) groups excluding carboxylic acids is 2. The highest BCUT2D eigenvalue weighted by Gasteiger charge is 2.41. The van der Waals surface area contributed by atoms with Crippen molar-refractivity contribution in [2.24, 2.45) is 5.41 Å². The van der Waals surface area contributed by atoms with Gasteiger partial charge < -0.3 is 10.6 Å². The molecule has 34 heavy (non-hydrogen) atoms. The van der Waals surface area contributed by atoms with E-state index in [4.69, 9.17) is 0 Å². The second-order valence-electron chi connectivity index (χ2n) is 10.5. The number of piperidine rings is 1. The van der Waals surface area contributed by atoms with Crippen LogP contribution in [0.15, 0.2) is 41.6 Å². The Morgan fingerprint density at radius 2 is 1.82 bits per heavy atom. The molecule has 0 spiro atoms. The lowest BCUT2D eigenvalue weighted by Crippen LogP contribution is -2.58. The number of rotatable bonds is 6. The van der Waals surface area contributed by atoms with Gasteiger partial charge in [0, 0.05) is 37.6 Å². The summed E-state index contributed by atoms with van der Waals surface area (Å²) in [4.78, 5) is 28.3. The smallest absolute Gasteiger partial charge is 0.264 e. The van der Waals surface area contributed by atoms with E-state index in [0.717, 1.165) is 29.4 Å². The SMILES string of the molecule is Cc1ccc(S(=O)(=O)N2C=CNC(=O)[C@H]2CC(=O)N[C@H]2CCN(C3CCCC3)CC2(C)C)cc1. The van der Waals surface area contributed by atoms with Gasteiger partial charge in [0.25, 0.3) is 10.0 Å². The van der Waals surface area contributed by atoms with Gasteiger partial charge >= 0.3 is 0 Å². The van der Waals surface area contributed by atoms with Crippen LogP contribution in [0.4, 0.5) is 0 Å². The van der Waals surface area contributed by atoms with E-state index < -0.39 is 22.0 Å². The molecule has 0 bridgehead atoms. The second kappa shape index (κ2) is 9.70. The predicted octanol–water partition coefficient (Wildman–Crippen LogP) is 2.50. The molecule has 1 aliphatic carbocycles. The van der Waals surface area contributed by atoms with Crippen molar-refractivity contribution in [2.75, 3.05) is 13.1 Å². The number of hydrogen-bond donors (Lipinski definition) is 2. The molecule has 1 aromatic carbocycles. The van der Waals surface area contributed by atoms with Crippen molar-refractivity contribution in [3.8, 4) is 0 Å². The third-order valence-electron chi connectivity index (χ3n) is 7.47. The number of nitrogens with one attached hydrogen (secondary N) is 2. The first-order valence-electron chi connectivity index (χ1n) is 12.2. The van der Waals surface area contributed by atoms with Gasteiger partial charge in [-0.2, -0.15) is 0 Å². The third kappa shape index (κ3) is 5.15. The molecule has 4 rings (SSSR count). The number of likely N-dealkylation sites (tertiary alicyclic amines) is 1. The molecule has 186 valence electrons. The Balaban J connectivity index is 1.44. The number of sulfonamides is 1. The van der Waals surface area contributed by atoms with Crippen LogP contribution in [-0.4, -0.2) is 60.7 Å². The van der Waals surface area contributed by atoms with Crippen molar-refractivity contribution in [1.82, 2.24) is 19.8 Å². The van der Waals surface area contributed by atoms with Gasteiger partial charge in [0.15, 0.2) is 0 Å². The standard InChI is InChI=1S/C25H36N4O4S/c1-18-8-10-20(11-9-18)34(32,33)29-15-13-26-24(31)21(29)16-23(30)27-22-12-14-28(17-25(22,2)3)19-6-4-5-7-19/h8-11,13,15,19,21-22H,4-7,12,14,16-17H2,1-3H3,(H,26,31)(H,27,30)/t21-,22+/m1/s1. The highest BCUT2D eigenvalue weighted by molar-refractivity contribution is 7.89. The quantitative estimate of drug-likeness (QED) is 0.641. The van der Waals surface area contributed by atoms with Crippen LogP contribution in [0.5, 0.6) is 0 Å². The average Bonchev–Trinajstić information content (AvgIpc) is 3.31. The Kier molecular flexibility index (Phi) is 7.05. The molecule has 1 saturated heterocycles. The van der Waals surface area contributed by atoms with Gasteiger partial charge in [-0.05, 0) is 43.7 Å². The summed E-state index contributed by atoms with van der Waals surface area (Å²) in [7, 11) is -3.98. The molecule has 2 N–H and O–H groups in total. The van der Waals surface area contributed by atoms with Crippen molar-refractivity contribution in [3.05, 3.63) is 42.2 Å². The van der Waals surface area contributed by atoms with Crippen LogP contribution in [0.3, 0.4) is 0 Å². The molecular weight excluding hydrogens is 452 g/mol. The van der Waals surface area contributed by atoms with Crippen LogP contribution in [0, 0.1) is 12.3 Å². The van der Waals surface area contributed by atoms with E-state index in [2.05, 4.69) is 29.4 Å². The minimum absolute atomic E-state index is 0.0259. The maximum atomic E-state index is 13.2. The van der Waals surface area contributed by atoms with Gasteiger partial charge in [-0.15, -0.1) is 0 Å². The number of amides is 2. The van der Waals surface area contributed by atoms with Gasteiger partial charge in [-0.3, -0.25) is 18.8 Å². The molecule has 3 aliphatic rings. The summed E-state index contributed by atoms with van der Waals surface area (Å²) < 4.78 is 27.5. The highest BCUT2D eigenvalue weighted by atomic mass is 32.2. The predicted molar refractivity (Wildman–Crippen MR) is 130 cm³/mol. The number of aryl methyl sites for hydroxylation is 1. The van der Waals surface area contributed by atoms with Crippen molar-refractivity contribution in [1.29, 1.82) is 0 Å². The lowest BCUT2D eigenvalue weighted by atomic mass is 9.78. The fourth-order valence-electron chi connectivity index (χ4n) is 5.45. The lowest BCUT2D eigenvalue weighted by Gasteiger charge is -2.46. The van der Waals surface area contributed by atoms with Gasteiger partial charge in [0.2, 0.25) is 11.8 Å². The van der Waals surface area contributed by atoms with Crippen LogP contribution in [-0.2, 0) is 19.6 Å². The summed E-state index contributed by atoms with van der Waals surface area (Å²) >= 11 is 0. The monoisotopic (exact) mass is 488 g/mol. The molecule has 1 aromatic rings. The minimum Gasteiger partial charge on any atom is -0.353 e. The van der Waals surface area contributed by atoms with Gasteiger partial charge in [0.1, 0.15) is 6.04 Å². The molecule has 2 aliphatic heterocycles. The van der Waals surface area contributed by atoms with Crippen LogP contribution >= 0.6 is 0 Å². The van der Waals surface area contributed by atoms with E-state index >= 15 is 0 Å². The van der Waals surface area contributed by atoms with E-state index in [1.54, 1.807) is 12.1 Å². The Hall–Kier alpha value is -2.39. The van der Waals surface area contributed by atoms with Gasteiger partial charge in [0.05, 0.1) is 11.3 Å². The molecule has 0 radical (unpaired) electrons. The molecule has 2 amide bonds. The van der Waals surface area contributed by atoms with E-state index in [1.807, 2.05) is 6.92 Å². The zero-order chi connectivity index (χ0) is 24.5. The Bertz CT molecular complexity index is 1050. The summed E-state index contributed by atoms with van der Waals surface area (Å²) in [5.41, 5.74) is 0.821. The van der Waals surface area contributed by atoms with Crippen molar-refractivity contribution in [2.45, 2.75) is 82.3 Å². The molecule has 2 atom stereocenters. The Morgan fingerprint density at radius 3 is 2.47 bits per heavy atom. The number of benzene rings is 1. The van der Waals surface area contributed by atoms with Crippen molar-refractivity contribution >= 4 is 21.8 Å².